The van der Waals surface area contributed by atoms with E-state index < -0.39 is 0 Å². The van der Waals surface area contributed by atoms with E-state index in [1.165, 1.54) is 0 Å². The van der Waals surface area contributed by atoms with Gasteiger partial charge >= 0.3 is 0 Å². The Bertz CT molecular complexity index is 1150. The smallest absolute Gasteiger partial charge is 0.226 e. The van der Waals surface area contributed by atoms with Crippen LogP contribution in [0, 0.1) is 6.92 Å². The second kappa shape index (κ2) is 13.7. The monoisotopic (exact) mass is 503 g/mol. The molecule has 8 heteroatoms. The van der Waals surface area contributed by atoms with Gasteiger partial charge in [0.05, 0.1) is 0 Å². The molecule has 37 heavy (non-hydrogen) atoms. The Kier molecular flexibility index (Phi) is 9.82. The molecule has 0 radical (unpaired) electrons. The molecular formula is C29H37N5O3. The Balaban J connectivity index is 1.26. The summed E-state index contributed by atoms with van der Waals surface area (Å²) in [6, 6.07) is 18.0. The third-order valence-electron chi connectivity index (χ3n) is 6.75. The third kappa shape index (κ3) is 7.98. The van der Waals surface area contributed by atoms with E-state index in [9.17, 15) is 9.59 Å². The quantitative estimate of drug-likeness (QED) is 0.523. The van der Waals surface area contributed by atoms with Crippen LogP contribution in [0.25, 0.3) is 11.4 Å². The highest BCUT2D eigenvalue weighted by molar-refractivity contribution is 5.77. The summed E-state index contributed by atoms with van der Waals surface area (Å²) in [4.78, 5) is 32.0. The van der Waals surface area contributed by atoms with Gasteiger partial charge in [0.2, 0.25) is 23.5 Å². The van der Waals surface area contributed by atoms with Gasteiger partial charge in [0.15, 0.2) is 0 Å². The largest absolute Gasteiger partial charge is 0.356 e. The third-order valence-corrected chi connectivity index (χ3v) is 6.75. The predicted molar refractivity (Wildman–Crippen MR) is 143 cm³/mol. The van der Waals surface area contributed by atoms with Crippen LogP contribution in [0.4, 0.5) is 0 Å². The van der Waals surface area contributed by atoms with Gasteiger partial charge in [0.25, 0.3) is 0 Å². The minimum absolute atomic E-state index is 0.00397. The molecule has 8 nitrogen and oxygen atoms in total. The summed E-state index contributed by atoms with van der Waals surface area (Å²) in [5.74, 6) is 1.30. The van der Waals surface area contributed by atoms with Crippen LogP contribution in [0.3, 0.4) is 0 Å². The Labute approximate surface area is 218 Å². The maximum absolute atomic E-state index is 13.0. The van der Waals surface area contributed by atoms with Gasteiger partial charge in [-0.25, -0.2) is 0 Å². The molecule has 3 aromatic rings. The molecular weight excluding hydrogens is 466 g/mol. The van der Waals surface area contributed by atoms with Crippen LogP contribution in [0.1, 0.15) is 61.6 Å². The minimum atomic E-state index is -0.00397. The van der Waals surface area contributed by atoms with Gasteiger partial charge in [-0.05, 0) is 50.3 Å². The lowest BCUT2D eigenvalue weighted by atomic mass is 10.0. The number of hydrogen-bond donors (Lipinski definition) is 2. The summed E-state index contributed by atoms with van der Waals surface area (Å²) in [6.07, 6.45) is 4.67. The average Bonchev–Trinajstić information content (AvgIpc) is 3.38. The van der Waals surface area contributed by atoms with Crippen molar-refractivity contribution in [1.82, 2.24) is 25.7 Å². The second-order valence-electron chi connectivity index (χ2n) is 9.59. The standard InChI is InChI=1S/C29H37N5O3/c1-22-11-5-6-14-24(22)29-32-27(37-33-29)15-9-16-28(36)34-19-8-7-17-30-25(23-12-3-2-4-13-23)21-26(35)31-18-10-20-34/h2-6,11-14,25,30H,7-10,15-21H2,1H3,(H,31,35). The molecule has 1 aliphatic rings. The molecule has 2 N–H and O–H groups in total. The van der Waals surface area contributed by atoms with Crippen LogP contribution >= 0.6 is 0 Å². The minimum Gasteiger partial charge on any atom is -0.356 e. The lowest BCUT2D eigenvalue weighted by Gasteiger charge is -2.23. The van der Waals surface area contributed by atoms with Crippen LogP contribution < -0.4 is 10.6 Å². The zero-order chi connectivity index (χ0) is 25.9. The van der Waals surface area contributed by atoms with Gasteiger partial charge in [0, 0.05) is 50.5 Å². The first kappa shape index (κ1) is 26.5. The summed E-state index contributed by atoms with van der Waals surface area (Å²) in [7, 11) is 0. The molecule has 1 atom stereocenters. The number of benzene rings is 2. The Morgan fingerprint density at radius 1 is 1.03 bits per heavy atom. The Hall–Kier alpha value is -3.52. The molecule has 1 fully saturated rings. The van der Waals surface area contributed by atoms with Crippen LogP contribution in [-0.4, -0.2) is 53.0 Å². The SMILES string of the molecule is Cc1ccccc1-c1noc(CCCC(=O)N2CCCCNC(c3ccccc3)CC(=O)NCCC2)n1. The van der Waals surface area contributed by atoms with E-state index in [4.69, 9.17) is 4.52 Å². The van der Waals surface area contributed by atoms with E-state index in [0.717, 1.165) is 49.0 Å². The molecule has 196 valence electrons. The van der Waals surface area contributed by atoms with E-state index in [2.05, 4.69) is 32.9 Å². The molecule has 1 aliphatic heterocycles. The summed E-state index contributed by atoms with van der Waals surface area (Å²) in [5.41, 5.74) is 3.18. The van der Waals surface area contributed by atoms with Gasteiger partial charge in [-0.3, -0.25) is 9.59 Å². The molecule has 2 heterocycles. The van der Waals surface area contributed by atoms with Crippen molar-refractivity contribution in [3.8, 4) is 11.4 Å². The first-order valence-corrected chi connectivity index (χ1v) is 13.3. The number of amides is 2. The van der Waals surface area contributed by atoms with Crippen molar-refractivity contribution >= 4 is 11.8 Å². The zero-order valence-corrected chi connectivity index (χ0v) is 21.6. The van der Waals surface area contributed by atoms with Crippen molar-refractivity contribution in [3.05, 3.63) is 71.6 Å². The van der Waals surface area contributed by atoms with E-state index in [-0.39, 0.29) is 17.9 Å². The van der Waals surface area contributed by atoms with Crippen molar-refractivity contribution in [2.75, 3.05) is 26.2 Å². The van der Waals surface area contributed by atoms with Crippen molar-refractivity contribution < 1.29 is 14.1 Å². The topological polar surface area (TPSA) is 100 Å². The summed E-state index contributed by atoms with van der Waals surface area (Å²) in [6.45, 7) is 4.75. The van der Waals surface area contributed by atoms with Crippen LogP contribution in [-0.2, 0) is 16.0 Å². The summed E-state index contributed by atoms with van der Waals surface area (Å²) in [5, 5.41) is 10.7. The first-order chi connectivity index (χ1) is 18.1. The highest BCUT2D eigenvalue weighted by Gasteiger charge is 2.18. The molecule has 0 aliphatic carbocycles. The number of rotatable bonds is 6. The Morgan fingerprint density at radius 2 is 1.81 bits per heavy atom. The van der Waals surface area contributed by atoms with Gasteiger partial charge in [-0.2, -0.15) is 4.98 Å². The summed E-state index contributed by atoms with van der Waals surface area (Å²) < 4.78 is 5.42. The van der Waals surface area contributed by atoms with Crippen LogP contribution in [0.15, 0.2) is 59.1 Å². The normalized spacial score (nSPS) is 17.8. The lowest BCUT2D eigenvalue weighted by Crippen LogP contribution is -2.35. The molecule has 1 aromatic heterocycles. The van der Waals surface area contributed by atoms with Crippen molar-refractivity contribution in [2.45, 2.75) is 57.9 Å². The number of nitrogens with one attached hydrogen (secondary N) is 2. The maximum atomic E-state index is 13.0. The van der Waals surface area contributed by atoms with Gasteiger partial charge in [-0.1, -0.05) is 59.8 Å². The van der Waals surface area contributed by atoms with Crippen LogP contribution in [0.5, 0.6) is 0 Å². The lowest BCUT2D eigenvalue weighted by molar-refractivity contribution is -0.131. The van der Waals surface area contributed by atoms with Gasteiger partial charge in [0.1, 0.15) is 0 Å². The molecule has 1 unspecified atom stereocenters. The fourth-order valence-corrected chi connectivity index (χ4v) is 4.65. The highest BCUT2D eigenvalue weighted by Crippen LogP contribution is 2.20. The van der Waals surface area contributed by atoms with Gasteiger partial charge in [-0.15, -0.1) is 0 Å². The number of aryl methyl sites for hydroxylation is 2. The van der Waals surface area contributed by atoms with Crippen molar-refractivity contribution in [3.63, 3.8) is 0 Å². The van der Waals surface area contributed by atoms with Crippen molar-refractivity contribution in [1.29, 1.82) is 0 Å². The highest BCUT2D eigenvalue weighted by atomic mass is 16.5. The number of nitrogens with zero attached hydrogens (tertiary/aromatic N) is 3. The zero-order valence-electron chi connectivity index (χ0n) is 21.6. The second-order valence-corrected chi connectivity index (χ2v) is 9.59. The van der Waals surface area contributed by atoms with E-state index in [1.807, 2.05) is 54.3 Å². The Morgan fingerprint density at radius 3 is 2.65 bits per heavy atom. The molecule has 0 bridgehead atoms. The van der Waals surface area contributed by atoms with E-state index in [1.54, 1.807) is 0 Å². The summed E-state index contributed by atoms with van der Waals surface area (Å²) >= 11 is 0. The fourth-order valence-electron chi connectivity index (χ4n) is 4.65. The molecule has 2 aromatic carbocycles. The maximum Gasteiger partial charge on any atom is 0.226 e. The number of hydrogen-bond acceptors (Lipinski definition) is 6. The van der Waals surface area contributed by atoms with E-state index >= 15 is 0 Å². The molecule has 2 amide bonds. The van der Waals surface area contributed by atoms with Crippen molar-refractivity contribution in [2.24, 2.45) is 0 Å². The number of carbonyl (C=O) groups is 2. The molecule has 0 spiro atoms. The van der Waals surface area contributed by atoms with E-state index in [0.29, 0.717) is 50.5 Å². The molecule has 1 saturated heterocycles. The molecule has 4 rings (SSSR count). The molecule has 0 saturated carbocycles. The average molecular weight is 504 g/mol. The van der Waals surface area contributed by atoms with Crippen LogP contribution in [0.2, 0.25) is 0 Å². The van der Waals surface area contributed by atoms with Gasteiger partial charge < -0.3 is 20.1 Å². The predicted octanol–water partition coefficient (Wildman–Crippen LogP) is 4.22. The number of carbonyl (C=O) groups excluding carboxylic acids is 2. The fraction of sp³-hybridized carbons (Fsp3) is 0.448. The first-order valence-electron chi connectivity index (χ1n) is 13.3. The number of aromatic nitrogens is 2.